The van der Waals surface area contributed by atoms with Crippen molar-refractivity contribution < 1.29 is 53.6 Å². The summed E-state index contributed by atoms with van der Waals surface area (Å²) in [6, 6.07) is 0. The first-order valence-corrected chi connectivity index (χ1v) is 5.40. The van der Waals surface area contributed by atoms with E-state index in [1.165, 1.54) is 0 Å². The molecule has 2 radical (unpaired) electrons. The van der Waals surface area contributed by atoms with Crippen LogP contribution in [-0.4, -0.2) is 73.0 Å². The first-order valence-electron chi connectivity index (χ1n) is 4.55. The minimum atomic E-state index is -1.74. The number of aliphatic hydroxyl groups excluding tert-OH is 2. The van der Waals surface area contributed by atoms with E-state index >= 15 is 0 Å². The average Bonchev–Trinajstić information content (AvgIpc) is 2.30. The Labute approximate surface area is 119 Å². The molecule has 0 aromatic heterocycles. The van der Waals surface area contributed by atoms with Crippen molar-refractivity contribution in [2.24, 2.45) is 0 Å². The summed E-state index contributed by atoms with van der Waals surface area (Å²) >= 11 is 0.750. The van der Waals surface area contributed by atoms with Crippen molar-refractivity contribution >= 4 is 40.3 Å². The summed E-state index contributed by atoms with van der Waals surface area (Å²) in [6.45, 7) is 0. The zero-order chi connectivity index (χ0) is 16.9. The monoisotopic (exact) mass is 358 g/mol. The number of carbonyl (C=O) groups is 4. The van der Waals surface area contributed by atoms with Gasteiger partial charge in [0.1, 0.15) is 0 Å². The van der Waals surface area contributed by atoms with E-state index in [9.17, 15) is 29.4 Å². The van der Waals surface area contributed by atoms with Gasteiger partial charge in [0.25, 0.3) is 0 Å². The number of aliphatic hydroxyl groups is 2. The van der Waals surface area contributed by atoms with Crippen LogP contribution < -0.4 is 10.2 Å². The van der Waals surface area contributed by atoms with Crippen LogP contribution in [0.2, 0.25) is 0 Å². The van der Waals surface area contributed by atoms with Gasteiger partial charge in [-0.25, -0.2) is 0 Å². The van der Waals surface area contributed by atoms with E-state index in [0.717, 1.165) is 16.5 Å². The van der Waals surface area contributed by atoms with E-state index in [1.807, 2.05) is 0 Å². The molecule has 0 aliphatic heterocycles. The van der Waals surface area contributed by atoms with Gasteiger partial charge in [0, 0.05) is 34.4 Å². The SMILES string of the molecule is O=C([O-])CC(O)C(=O)[OH2+].O=C([O-])CC(O)C(=O)[OH2+].[O]=[Ge]. The number of carboxylic acids is 2. The van der Waals surface area contributed by atoms with Gasteiger partial charge in [0.15, 0.2) is 0 Å². The number of hydrogen-bond donors (Lipinski definition) is 2. The van der Waals surface area contributed by atoms with Gasteiger partial charge in [-0.2, -0.15) is 0 Å². The first kappa shape index (κ1) is 23.3. The molecule has 0 saturated heterocycles. The van der Waals surface area contributed by atoms with Gasteiger partial charge in [-0.15, -0.1) is 0 Å². The maximum absolute atomic E-state index is 9.80. The van der Waals surface area contributed by atoms with Gasteiger partial charge in [-0.3, -0.25) is 0 Å². The summed E-state index contributed by atoms with van der Waals surface area (Å²) in [4.78, 5) is 38.8. The number of carboxylic acid groups (broad SMARTS) is 2. The van der Waals surface area contributed by atoms with E-state index in [1.54, 1.807) is 0 Å². The van der Waals surface area contributed by atoms with E-state index in [4.69, 9.17) is 24.2 Å². The maximum atomic E-state index is 9.80. The van der Waals surface area contributed by atoms with Crippen LogP contribution in [0.5, 0.6) is 0 Å². The standard InChI is InChI=1S/2C4H6O5.GeO/c2*5-2(4(8)9)1-3(6)7;1-2/h2*2,5H,1H2,(H,6,7)(H,8,9);. The van der Waals surface area contributed by atoms with Gasteiger partial charge in [0.2, 0.25) is 12.2 Å². The molecule has 20 heavy (non-hydrogen) atoms. The van der Waals surface area contributed by atoms with Crippen LogP contribution in [0.3, 0.4) is 0 Å². The Balaban J connectivity index is -0.000000257. The predicted molar refractivity (Wildman–Crippen MR) is 54.9 cm³/mol. The molecule has 12 heteroatoms. The Morgan fingerprint density at radius 3 is 1.10 bits per heavy atom. The van der Waals surface area contributed by atoms with Crippen molar-refractivity contribution in [3.63, 3.8) is 0 Å². The quantitative estimate of drug-likeness (QED) is 0.340. The van der Waals surface area contributed by atoms with Crippen molar-refractivity contribution in [1.29, 1.82) is 0 Å². The third kappa shape index (κ3) is 18.5. The summed E-state index contributed by atoms with van der Waals surface area (Å²) in [7, 11) is 0. The van der Waals surface area contributed by atoms with Gasteiger partial charge in [-0.05, 0) is 0 Å². The Morgan fingerprint density at radius 1 is 0.850 bits per heavy atom. The predicted octanol–water partition coefficient (Wildman–Crippen LogP) is -7.02. The zero-order valence-electron chi connectivity index (χ0n) is 9.82. The molecule has 11 nitrogen and oxygen atoms in total. The van der Waals surface area contributed by atoms with Crippen molar-refractivity contribution in [2.45, 2.75) is 25.0 Å². The van der Waals surface area contributed by atoms with Crippen LogP contribution in [0.15, 0.2) is 0 Å². The first-order chi connectivity index (χ1) is 9.07. The Morgan fingerprint density at radius 2 is 1.05 bits per heavy atom. The second kappa shape index (κ2) is 13.6. The molecular weight excluding hydrogens is 345 g/mol. The molecule has 114 valence electrons. The van der Waals surface area contributed by atoms with Gasteiger partial charge >= 0.3 is 32.2 Å². The second-order valence-electron chi connectivity index (χ2n) is 2.91. The van der Waals surface area contributed by atoms with Crippen LogP contribution in [0.25, 0.3) is 0 Å². The number of rotatable bonds is 6. The van der Waals surface area contributed by atoms with Crippen LogP contribution >= 0.6 is 0 Å². The van der Waals surface area contributed by atoms with E-state index in [2.05, 4.69) is 0 Å². The summed E-state index contributed by atoms with van der Waals surface area (Å²) in [6.07, 6.45) is -5.09. The molecule has 0 aliphatic carbocycles. The normalized spacial score (nSPS) is 11.5. The summed E-state index contributed by atoms with van der Waals surface area (Å²) in [5.74, 6) is -5.69. The molecule has 0 saturated carbocycles. The minimum absolute atomic E-state index is 0.750. The fourth-order valence-electron chi connectivity index (χ4n) is 0.501. The third-order valence-electron chi connectivity index (χ3n) is 1.33. The number of carbonyl (C=O) groups excluding carboxylic acids is 4. The molecule has 0 heterocycles. The molecule has 0 amide bonds. The fourth-order valence-corrected chi connectivity index (χ4v) is 0.501. The number of hydrogen-bond acceptors (Lipinski definition) is 9. The number of aliphatic carboxylic acids is 2. The fraction of sp³-hybridized carbons (Fsp3) is 0.500. The molecule has 2 unspecified atom stereocenters. The van der Waals surface area contributed by atoms with E-state index in [0.29, 0.717) is 0 Å². The van der Waals surface area contributed by atoms with E-state index < -0.39 is 48.9 Å². The summed E-state index contributed by atoms with van der Waals surface area (Å²) in [5.41, 5.74) is 0. The zero-order valence-corrected chi connectivity index (χ0v) is 11.9. The molecule has 6 N–H and O–H groups in total. The molecule has 0 spiro atoms. The van der Waals surface area contributed by atoms with Crippen LogP contribution in [0.4, 0.5) is 0 Å². The third-order valence-corrected chi connectivity index (χ3v) is 1.33. The van der Waals surface area contributed by atoms with Crippen molar-refractivity contribution in [3.8, 4) is 0 Å². The topological polar surface area (TPSA) is 218 Å². The Hall–Kier alpha value is -1.86. The van der Waals surface area contributed by atoms with Crippen molar-refractivity contribution in [3.05, 3.63) is 0 Å². The molecule has 0 aromatic rings. The Bertz CT molecular complexity index is 309. The van der Waals surface area contributed by atoms with Crippen LogP contribution in [-0.2, 0) is 23.0 Å². The summed E-state index contributed by atoms with van der Waals surface area (Å²) in [5, 5.41) is 48.3. The molecule has 0 rings (SSSR count). The molecule has 0 bridgehead atoms. The van der Waals surface area contributed by atoms with Crippen molar-refractivity contribution in [2.75, 3.05) is 0 Å². The van der Waals surface area contributed by atoms with Gasteiger partial charge < -0.3 is 40.2 Å². The van der Waals surface area contributed by atoms with Crippen LogP contribution in [0.1, 0.15) is 12.8 Å². The molecule has 2 atom stereocenters. The molecular formula is C8H12GeO11. The van der Waals surface area contributed by atoms with Gasteiger partial charge in [0.05, 0.1) is 0 Å². The molecule has 0 aromatic carbocycles. The summed E-state index contributed by atoms with van der Waals surface area (Å²) < 4.78 is 8.25. The van der Waals surface area contributed by atoms with Gasteiger partial charge in [-0.1, -0.05) is 0 Å². The van der Waals surface area contributed by atoms with Crippen molar-refractivity contribution in [1.82, 2.24) is 0 Å². The molecule has 0 aliphatic rings. The Kier molecular flexibility index (Phi) is 15.8. The van der Waals surface area contributed by atoms with E-state index in [-0.39, 0.29) is 0 Å². The van der Waals surface area contributed by atoms with Crippen LogP contribution in [0, 0.1) is 0 Å². The second-order valence-corrected chi connectivity index (χ2v) is 2.91. The average molecular weight is 357 g/mol. The molecule has 0 fully saturated rings.